The van der Waals surface area contributed by atoms with Gasteiger partial charge in [0.25, 0.3) is 0 Å². The van der Waals surface area contributed by atoms with Gasteiger partial charge in [-0.25, -0.2) is 0 Å². The lowest BCUT2D eigenvalue weighted by molar-refractivity contribution is 0.371. The fourth-order valence-electron chi connectivity index (χ4n) is 1.68. The van der Waals surface area contributed by atoms with Crippen LogP contribution in [-0.2, 0) is 6.42 Å². The lowest BCUT2D eigenvalue weighted by Gasteiger charge is -2.09. The number of ether oxygens (including phenoxy) is 1. The fourth-order valence-corrected chi connectivity index (χ4v) is 1.83. The van der Waals surface area contributed by atoms with E-state index in [9.17, 15) is 5.11 Å². The van der Waals surface area contributed by atoms with Crippen molar-refractivity contribution < 1.29 is 9.84 Å². The minimum Gasteiger partial charge on any atom is -0.504 e. The van der Waals surface area contributed by atoms with Crippen LogP contribution >= 0.6 is 12.2 Å². The number of benzene rings is 1. The molecule has 0 aliphatic rings. The summed E-state index contributed by atoms with van der Waals surface area (Å²) >= 11 is 4.99. The van der Waals surface area contributed by atoms with E-state index in [4.69, 9.17) is 17.0 Å². The first-order valence-corrected chi connectivity index (χ1v) is 6.23. The number of phenolic OH excluding ortho intramolecular Hbond substituents is 1. The summed E-state index contributed by atoms with van der Waals surface area (Å²) in [4.78, 5) is 0. The third kappa shape index (κ3) is 2.94. The molecular weight excluding hydrogens is 276 g/mol. The topological polar surface area (TPSA) is 75.4 Å². The number of methoxy groups -OCH3 is 1. The average Bonchev–Trinajstić information content (AvgIpc) is 2.85. The molecule has 0 spiro atoms. The number of H-pyrrole nitrogens is 1. The Hall–Kier alpha value is -2.41. The zero-order chi connectivity index (χ0) is 14.5. The Morgan fingerprint density at radius 2 is 2.40 bits per heavy atom. The van der Waals surface area contributed by atoms with E-state index >= 15 is 0 Å². The highest BCUT2D eigenvalue weighted by Gasteiger charge is 2.08. The molecule has 104 valence electrons. The van der Waals surface area contributed by atoms with Gasteiger partial charge in [0, 0.05) is 5.56 Å². The van der Waals surface area contributed by atoms with Gasteiger partial charge in [-0.05, 0) is 36.3 Å². The number of hydrogen-bond donors (Lipinski definition) is 2. The Bertz CT molecular complexity index is 703. The maximum atomic E-state index is 9.99. The van der Waals surface area contributed by atoms with E-state index in [2.05, 4.69) is 21.9 Å². The van der Waals surface area contributed by atoms with Crippen molar-refractivity contribution in [1.82, 2.24) is 14.9 Å². The van der Waals surface area contributed by atoms with Crippen molar-refractivity contribution in [1.29, 1.82) is 0 Å². The predicted molar refractivity (Wildman–Crippen MR) is 79.0 cm³/mol. The van der Waals surface area contributed by atoms with Gasteiger partial charge < -0.3 is 9.84 Å². The van der Waals surface area contributed by atoms with Gasteiger partial charge >= 0.3 is 0 Å². The van der Waals surface area contributed by atoms with Crippen molar-refractivity contribution in [2.24, 2.45) is 5.10 Å². The van der Waals surface area contributed by atoms with Crippen LogP contribution in [0.4, 0.5) is 0 Å². The molecule has 0 amide bonds. The van der Waals surface area contributed by atoms with Gasteiger partial charge in [-0.1, -0.05) is 6.08 Å². The molecule has 1 heterocycles. The van der Waals surface area contributed by atoms with Gasteiger partial charge in [0.05, 0.1) is 13.3 Å². The van der Waals surface area contributed by atoms with Gasteiger partial charge in [-0.3, -0.25) is 5.10 Å². The molecule has 2 aromatic rings. The summed E-state index contributed by atoms with van der Waals surface area (Å²) < 4.78 is 6.98. The van der Waals surface area contributed by atoms with E-state index in [1.165, 1.54) is 18.1 Å². The summed E-state index contributed by atoms with van der Waals surface area (Å²) in [5, 5.41) is 20.5. The second kappa shape index (κ2) is 6.16. The number of hydrogen-bond acceptors (Lipinski definition) is 5. The highest BCUT2D eigenvalue weighted by atomic mass is 32.1. The molecule has 0 aliphatic carbocycles. The van der Waals surface area contributed by atoms with Crippen LogP contribution in [-0.4, -0.2) is 33.3 Å². The Labute approximate surface area is 121 Å². The van der Waals surface area contributed by atoms with Crippen LogP contribution in [0.3, 0.4) is 0 Å². The van der Waals surface area contributed by atoms with Crippen LogP contribution in [0.1, 0.15) is 11.1 Å². The second-order valence-corrected chi connectivity index (χ2v) is 4.36. The van der Waals surface area contributed by atoms with Crippen LogP contribution in [0, 0.1) is 4.77 Å². The van der Waals surface area contributed by atoms with Crippen molar-refractivity contribution in [3.05, 3.63) is 47.0 Å². The quantitative estimate of drug-likeness (QED) is 0.503. The molecule has 0 saturated carbocycles. The fraction of sp³-hybridized carbons (Fsp3) is 0.154. The summed E-state index contributed by atoms with van der Waals surface area (Å²) in [5.74, 6) is 0.506. The van der Waals surface area contributed by atoms with Crippen molar-refractivity contribution >= 4 is 18.4 Å². The molecule has 0 saturated heterocycles. The number of aromatic nitrogens is 3. The Kier molecular flexibility index (Phi) is 4.31. The van der Waals surface area contributed by atoms with E-state index in [1.807, 2.05) is 6.07 Å². The van der Waals surface area contributed by atoms with Gasteiger partial charge in [0.1, 0.15) is 6.33 Å². The van der Waals surface area contributed by atoms with Gasteiger partial charge in [0.2, 0.25) is 4.77 Å². The van der Waals surface area contributed by atoms with Crippen molar-refractivity contribution in [3.8, 4) is 11.5 Å². The van der Waals surface area contributed by atoms with Crippen molar-refractivity contribution in [2.75, 3.05) is 7.11 Å². The summed E-state index contributed by atoms with van der Waals surface area (Å²) in [6.45, 7) is 3.66. The number of nitrogens with one attached hydrogen (secondary N) is 1. The summed E-state index contributed by atoms with van der Waals surface area (Å²) in [6, 6.07) is 3.50. The van der Waals surface area contributed by atoms with Crippen LogP contribution in [0.5, 0.6) is 11.5 Å². The molecule has 7 heteroatoms. The number of nitrogens with zero attached hydrogens (tertiary/aromatic N) is 3. The van der Waals surface area contributed by atoms with E-state index < -0.39 is 0 Å². The van der Waals surface area contributed by atoms with Crippen molar-refractivity contribution in [3.63, 3.8) is 0 Å². The maximum absolute atomic E-state index is 9.99. The molecular formula is C13H14N4O2S. The number of phenols is 1. The third-order valence-corrected chi connectivity index (χ3v) is 2.91. The molecule has 2 N–H and O–H groups in total. The first-order chi connectivity index (χ1) is 9.65. The van der Waals surface area contributed by atoms with E-state index in [0.29, 0.717) is 16.9 Å². The summed E-state index contributed by atoms with van der Waals surface area (Å²) in [6.07, 6.45) is 5.33. The van der Waals surface area contributed by atoms with Gasteiger partial charge in [-0.2, -0.15) is 14.9 Å². The molecule has 1 aromatic heterocycles. The molecule has 1 aromatic carbocycles. The monoisotopic (exact) mass is 290 g/mol. The molecule has 0 fully saturated rings. The lowest BCUT2D eigenvalue weighted by atomic mass is 10.1. The molecule has 2 rings (SSSR count). The maximum Gasteiger partial charge on any atom is 0.216 e. The second-order valence-electron chi connectivity index (χ2n) is 3.97. The van der Waals surface area contributed by atoms with Crippen LogP contribution in [0.2, 0.25) is 0 Å². The number of aromatic hydroxyl groups is 1. The number of allylic oxidation sites excluding steroid dienone is 1. The standard InChI is InChI=1S/C13H14N4O2S/c1-3-4-10-5-9(6-11(19-2)12(10)18)7-15-17-8-14-16-13(17)20/h3,5-8,18H,1,4H2,2H3,(H,16,20). The van der Waals surface area contributed by atoms with Crippen LogP contribution in [0.25, 0.3) is 0 Å². The summed E-state index contributed by atoms with van der Waals surface area (Å²) in [5.41, 5.74) is 1.50. The predicted octanol–water partition coefficient (Wildman–Crippen LogP) is 2.27. The molecule has 0 radical (unpaired) electrons. The number of aromatic amines is 1. The highest BCUT2D eigenvalue weighted by Crippen LogP contribution is 2.31. The molecule has 6 nitrogen and oxygen atoms in total. The van der Waals surface area contributed by atoms with E-state index in [1.54, 1.807) is 18.4 Å². The molecule has 0 bridgehead atoms. The number of rotatable bonds is 5. The first-order valence-electron chi connectivity index (χ1n) is 5.83. The Morgan fingerprint density at radius 3 is 3.00 bits per heavy atom. The van der Waals surface area contributed by atoms with E-state index in [-0.39, 0.29) is 5.75 Å². The van der Waals surface area contributed by atoms with Crippen LogP contribution in [0.15, 0.2) is 36.2 Å². The smallest absolute Gasteiger partial charge is 0.216 e. The highest BCUT2D eigenvalue weighted by molar-refractivity contribution is 7.71. The molecule has 0 atom stereocenters. The third-order valence-electron chi connectivity index (χ3n) is 2.63. The molecule has 0 unspecified atom stereocenters. The van der Waals surface area contributed by atoms with E-state index in [0.717, 1.165) is 11.1 Å². The molecule has 20 heavy (non-hydrogen) atoms. The first kappa shape index (κ1) is 14.0. The Balaban J connectivity index is 2.39. The minimum atomic E-state index is 0.115. The SMILES string of the molecule is C=CCc1cc(C=Nn2cn[nH]c2=S)cc(OC)c1O. The largest absolute Gasteiger partial charge is 0.504 e. The minimum absolute atomic E-state index is 0.115. The zero-order valence-corrected chi connectivity index (χ0v) is 11.7. The average molecular weight is 290 g/mol. The summed E-state index contributed by atoms with van der Waals surface area (Å²) in [7, 11) is 1.50. The molecule has 0 aliphatic heterocycles. The zero-order valence-electron chi connectivity index (χ0n) is 10.9. The lowest BCUT2D eigenvalue weighted by Crippen LogP contribution is -1.94. The van der Waals surface area contributed by atoms with Gasteiger partial charge in [0.15, 0.2) is 11.5 Å². The van der Waals surface area contributed by atoms with Crippen molar-refractivity contribution in [2.45, 2.75) is 6.42 Å². The van der Waals surface area contributed by atoms with Gasteiger partial charge in [-0.15, -0.1) is 6.58 Å². The van der Waals surface area contributed by atoms with Crippen LogP contribution < -0.4 is 4.74 Å². The Morgan fingerprint density at radius 1 is 1.60 bits per heavy atom. The normalized spacial score (nSPS) is 10.8.